The topological polar surface area (TPSA) is 104 Å². The summed E-state index contributed by atoms with van der Waals surface area (Å²) >= 11 is 0. The normalized spacial score (nSPS) is 18.6. The fourth-order valence-electron chi connectivity index (χ4n) is 2.19. The van der Waals surface area contributed by atoms with E-state index >= 15 is 0 Å². The maximum Gasteiger partial charge on any atom is 0.335 e. The third kappa shape index (κ3) is 3.07. The summed E-state index contributed by atoms with van der Waals surface area (Å²) in [7, 11) is 0. The lowest BCUT2D eigenvalue weighted by molar-refractivity contribution is -0.162. The Hall–Kier alpha value is -1.89. The Bertz CT molecular complexity index is 550. The van der Waals surface area contributed by atoms with Crippen LogP contribution in [0.1, 0.15) is 49.9 Å². The largest absolute Gasteiger partial charge is 0.479 e. The van der Waals surface area contributed by atoms with Gasteiger partial charge in [-0.2, -0.15) is 0 Å². The molecule has 0 atom stereocenters. The van der Waals surface area contributed by atoms with Crippen molar-refractivity contribution < 1.29 is 24.3 Å². The number of hydrogen-bond donors (Lipinski definition) is 2. The summed E-state index contributed by atoms with van der Waals surface area (Å²) in [4.78, 5) is 24.7. The fourth-order valence-corrected chi connectivity index (χ4v) is 2.19. The van der Waals surface area contributed by atoms with Gasteiger partial charge < -0.3 is 19.6 Å². The molecule has 1 aromatic rings. The third-order valence-corrected chi connectivity index (χ3v) is 3.74. The lowest BCUT2D eigenvalue weighted by Crippen LogP contribution is -2.50. The van der Waals surface area contributed by atoms with E-state index in [1.165, 1.54) is 4.90 Å². The SMILES string of the molecule is CC(C)(C)c1cc(C(=O)N2CCC(O)(C(=O)O)CC2)no1. The van der Waals surface area contributed by atoms with E-state index in [-0.39, 0.29) is 42.9 Å². The lowest BCUT2D eigenvalue weighted by Gasteiger charge is -2.34. The minimum Gasteiger partial charge on any atom is -0.479 e. The standard InChI is InChI=1S/C14H20N2O5/c1-13(2,3)10-8-9(15-21-10)11(17)16-6-4-14(20,5-7-16)12(18)19/h8,20H,4-7H2,1-3H3,(H,18,19). The molecule has 1 aliphatic heterocycles. The van der Waals surface area contributed by atoms with Crippen molar-refractivity contribution in [2.75, 3.05) is 13.1 Å². The van der Waals surface area contributed by atoms with E-state index in [1.807, 2.05) is 20.8 Å². The molecule has 21 heavy (non-hydrogen) atoms. The number of hydrogen-bond acceptors (Lipinski definition) is 5. The summed E-state index contributed by atoms with van der Waals surface area (Å²) in [5.74, 6) is -0.933. The summed E-state index contributed by atoms with van der Waals surface area (Å²) in [5.41, 5.74) is -1.77. The molecule has 1 aromatic heterocycles. The Labute approximate surface area is 122 Å². The molecule has 0 bridgehead atoms. The summed E-state index contributed by atoms with van der Waals surface area (Å²) in [6.07, 6.45) is 0.0239. The highest BCUT2D eigenvalue weighted by molar-refractivity contribution is 5.92. The van der Waals surface area contributed by atoms with E-state index in [0.717, 1.165) is 0 Å². The second kappa shape index (κ2) is 5.14. The summed E-state index contributed by atoms with van der Waals surface area (Å²) in [6, 6.07) is 1.61. The summed E-state index contributed by atoms with van der Waals surface area (Å²) < 4.78 is 5.18. The predicted molar refractivity (Wildman–Crippen MR) is 72.9 cm³/mol. The second-order valence-electron chi connectivity index (χ2n) is 6.46. The minimum absolute atomic E-state index is 0.0120. The number of aliphatic carboxylic acids is 1. The number of piperidine rings is 1. The fraction of sp³-hybridized carbons (Fsp3) is 0.643. The first kappa shape index (κ1) is 15.5. The number of carboxylic acid groups (broad SMARTS) is 1. The molecule has 116 valence electrons. The van der Waals surface area contributed by atoms with Crippen molar-refractivity contribution in [1.29, 1.82) is 0 Å². The zero-order valence-electron chi connectivity index (χ0n) is 12.4. The van der Waals surface area contributed by atoms with Crippen LogP contribution in [-0.2, 0) is 10.2 Å². The molecule has 2 rings (SSSR count). The predicted octanol–water partition coefficient (Wildman–Crippen LogP) is 1.02. The zero-order chi connectivity index (χ0) is 15.8. The van der Waals surface area contributed by atoms with Crippen LogP contribution in [0.2, 0.25) is 0 Å². The highest BCUT2D eigenvalue weighted by Crippen LogP contribution is 2.26. The molecule has 0 saturated carbocycles. The van der Waals surface area contributed by atoms with Crippen molar-refractivity contribution in [3.63, 3.8) is 0 Å². The van der Waals surface area contributed by atoms with Gasteiger partial charge in [-0.15, -0.1) is 0 Å². The van der Waals surface area contributed by atoms with Crippen LogP contribution in [0, 0.1) is 0 Å². The molecule has 7 nitrogen and oxygen atoms in total. The van der Waals surface area contributed by atoms with E-state index < -0.39 is 11.6 Å². The maximum atomic E-state index is 12.3. The number of amides is 1. The Morgan fingerprint density at radius 1 is 1.33 bits per heavy atom. The molecule has 1 amide bonds. The highest BCUT2D eigenvalue weighted by atomic mass is 16.5. The molecule has 0 spiro atoms. The molecule has 0 aromatic carbocycles. The van der Waals surface area contributed by atoms with Crippen molar-refractivity contribution in [2.45, 2.75) is 44.6 Å². The van der Waals surface area contributed by atoms with Gasteiger partial charge in [-0.3, -0.25) is 4.79 Å². The molecule has 2 N–H and O–H groups in total. The van der Waals surface area contributed by atoms with Crippen LogP contribution in [-0.4, -0.2) is 50.8 Å². The first-order valence-electron chi connectivity index (χ1n) is 6.86. The van der Waals surface area contributed by atoms with E-state index in [0.29, 0.717) is 5.76 Å². The number of likely N-dealkylation sites (tertiary alicyclic amines) is 1. The van der Waals surface area contributed by atoms with E-state index in [9.17, 15) is 14.7 Å². The van der Waals surface area contributed by atoms with Crippen molar-refractivity contribution in [3.8, 4) is 0 Å². The molecule has 0 aliphatic carbocycles. The van der Waals surface area contributed by atoms with Crippen LogP contribution < -0.4 is 0 Å². The number of nitrogens with zero attached hydrogens (tertiary/aromatic N) is 2. The number of aliphatic hydroxyl groups is 1. The van der Waals surface area contributed by atoms with Gasteiger partial charge in [-0.05, 0) is 0 Å². The minimum atomic E-state index is -1.74. The smallest absolute Gasteiger partial charge is 0.335 e. The monoisotopic (exact) mass is 296 g/mol. The third-order valence-electron chi connectivity index (χ3n) is 3.74. The first-order valence-corrected chi connectivity index (χ1v) is 6.86. The van der Waals surface area contributed by atoms with Gasteiger partial charge in [0.05, 0.1) is 0 Å². The number of carboxylic acids is 1. The maximum absolute atomic E-state index is 12.3. The Kier molecular flexibility index (Phi) is 3.79. The van der Waals surface area contributed by atoms with Crippen LogP contribution in [0.3, 0.4) is 0 Å². The van der Waals surface area contributed by atoms with Gasteiger partial charge in [-0.25, -0.2) is 4.79 Å². The number of carbonyl (C=O) groups is 2. The number of aromatic nitrogens is 1. The molecular formula is C14H20N2O5. The van der Waals surface area contributed by atoms with Crippen molar-refractivity contribution in [1.82, 2.24) is 10.1 Å². The molecule has 2 heterocycles. The number of carbonyl (C=O) groups excluding carboxylic acids is 1. The average molecular weight is 296 g/mol. The van der Waals surface area contributed by atoms with Gasteiger partial charge in [0.25, 0.3) is 5.91 Å². The average Bonchev–Trinajstić information content (AvgIpc) is 2.88. The van der Waals surface area contributed by atoms with Crippen molar-refractivity contribution >= 4 is 11.9 Å². The summed E-state index contributed by atoms with van der Waals surface area (Å²) in [5, 5.41) is 22.6. The summed E-state index contributed by atoms with van der Waals surface area (Å²) in [6.45, 7) is 6.22. The van der Waals surface area contributed by atoms with E-state index in [4.69, 9.17) is 9.63 Å². The Morgan fingerprint density at radius 2 is 1.90 bits per heavy atom. The lowest BCUT2D eigenvalue weighted by atomic mass is 9.91. The van der Waals surface area contributed by atoms with Crippen molar-refractivity contribution in [3.05, 3.63) is 17.5 Å². The van der Waals surface area contributed by atoms with Crippen LogP contribution in [0.25, 0.3) is 0 Å². The van der Waals surface area contributed by atoms with Crippen LogP contribution in [0.4, 0.5) is 0 Å². The molecule has 0 radical (unpaired) electrons. The van der Waals surface area contributed by atoms with Gasteiger partial charge in [0.15, 0.2) is 11.3 Å². The van der Waals surface area contributed by atoms with Gasteiger partial charge in [0, 0.05) is 37.4 Å². The van der Waals surface area contributed by atoms with Gasteiger partial charge >= 0.3 is 5.97 Å². The second-order valence-corrected chi connectivity index (χ2v) is 6.46. The molecule has 1 aliphatic rings. The van der Waals surface area contributed by atoms with Crippen LogP contribution in [0.15, 0.2) is 10.6 Å². The Morgan fingerprint density at radius 3 is 2.33 bits per heavy atom. The van der Waals surface area contributed by atoms with Gasteiger partial charge in [0.2, 0.25) is 0 Å². The van der Waals surface area contributed by atoms with Gasteiger partial charge in [0.1, 0.15) is 5.76 Å². The molecular weight excluding hydrogens is 276 g/mol. The molecule has 0 unspecified atom stereocenters. The zero-order valence-corrected chi connectivity index (χ0v) is 12.4. The molecule has 7 heteroatoms. The van der Waals surface area contributed by atoms with Crippen molar-refractivity contribution in [2.24, 2.45) is 0 Å². The van der Waals surface area contributed by atoms with Crippen LogP contribution in [0.5, 0.6) is 0 Å². The quantitative estimate of drug-likeness (QED) is 0.844. The Balaban J connectivity index is 2.06. The molecule has 1 saturated heterocycles. The highest BCUT2D eigenvalue weighted by Gasteiger charge is 2.41. The van der Waals surface area contributed by atoms with Crippen LogP contribution >= 0.6 is 0 Å². The first-order chi connectivity index (χ1) is 9.63. The van der Waals surface area contributed by atoms with Gasteiger partial charge in [-0.1, -0.05) is 25.9 Å². The molecule has 1 fully saturated rings. The van der Waals surface area contributed by atoms with E-state index in [1.54, 1.807) is 6.07 Å². The van der Waals surface area contributed by atoms with E-state index in [2.05, 4.69) is 5.16 Å². The number of rotatable bonds is 2.